The monoisotopic (exact) mass is 223 g/mol. The zero-order valence-corrected chi connectivity index (χ0v) is 8.15. The van der Waals surface area contributed by atoms with Crippen LogP contribution in [0.1, 0.15) is 6.92 Å². The van der Waals surface area contributed by atoms with Gasteiger partial charge in [-0.1, -0.05) is 0 Å². The molecule has 0 bridgehead atoms. The van der Waals surface area contributed by atoms with Crippen molar-refractivity contribution in [2.75, 3.05) is 6.61 Å². The minimum atomic E-state index is -2.32. The van der Waals surface area contributed by atoms with E-state index < -0.39 is 25.5 Å². The maximum absolute atomic E-state index is 12.6. The molecule has 0 heterocycles. The SMILES string of the molecule is CCO[P+](=O)c1cc(F)c(F)c(F)c1. The van der Waals surface area contributed by atoms with Crippen LogP contribution in [0.15, 0.2) is 12.1 Å². The molecular weight excluding hydrogens is 216 g/mol. The summed E-state index contributed by atoms with van der Waals surface area (Å²) in [6.07, 6.45) is 0. The predicted octanol–water partition coefficient (Wildman–Crippen LogP) is 2.51. The molecule has 1 unspecified atom stereocenters. The van der Waals surface area contributed by atoms with Crippen molar-refractivity contribution in [1.82, 2.24) is 0 Å². The lowest BCUT2D eigenvalue weighted by Gasteiger charge is -1.93. The van der Waals surface area contributed by atoms with E-state index in [1.54, 1.807) is 6.92 Å². The Labute approximate surface area is 79.6 Å². The summed E-state index contributed by atoms with van der Waals surface area (Å²) < 4.78 is 53.5. The molecule has 1 rings (SSSR count). The summed E-state index contributed by atoms with van der Waals surface area (Å²) in [6, 6.07) is 1.32. The second kappa shape index (κ2) is 4.53. The summed E-state index contributed by atoms with van der Waals surface area (Å²) in [6.45, 7) is 1.74. The average Bonchev–Trinajstić information content (AvgIpc) is 2.13. The van der Waals surface area contributed by atoms with Crippen LogP contribution < -0.4 is 5.30 Å². The number of hydrogen-bond acceptors (Lipinski definition) is 2. The van der Waals surface area contributed by atoms with Gasteiger partial charge in [-0.25, -0.2) is 13.2 Å². The van der Waals surface area contributed by atoms with Gasteiger partial charge >= 0.3 is 8.03 Å². The molecule has 0 N–H and O–H groups in total. The number of hydrogen-bond donors (Lipinski definition) is 0. The third kappa shape index (κ3) is 2.30. The van der Waals surface area contributed by atoms with Crippen LogP contribution in [0.25, 0.3) is 0 Å². The molecule has 0 aromatic heterocycles. The lowest BCUT2D eigenvalue weighted by atomic mass is 10.3. The van der Waals surface area contributed by atoms with Gasteiger partial charge in [-0.2, -0.15) is 0 Å². The van der Waals surface area contributed by atoms with Crippen molar-refractivity contribution in [3.63, 3.8) is 0 Å². The van der Waals surface area contributed by atoms with Crippen LogP contribution >= 0.6 is 8.03 Å². The Hall–Kier alpha value is -0.930. The Morgan fingerprint density at radius 2 is 1.79 bits per heavy atom. The Balaban J connectivity index is 3.06. The summed E-state index contributed by atoms with van der Waals surface area (Å²) in [7, 11) is -2.32. The van der Waals surface area contributed by atoms with Crippen molar-refractivity contribution in [2.24, 2.45) is 0 Å². The molecular formula is C8H7F3O2P+. The fourth-order valence-corrected chi connectivity index (χ4v) is 1.66. The summed E-state index contributed by atoms with van der Waals surface area (Å²) >= 11 is 0. The van der Waals surface area contributed by atoms with E-state index in [2.05, 4.69) is 4.52 Å². The molecule has 0 fully saturated rings. The molecule has 1 atom stereocenters. The average molecular weight is 223 g/mol. The van der Waals surface area contributed by atoms with E-state index in [1.165, 1.54) is 0 Å². The van der Waals surface area contributed by atoms with Crippen LogP contribution in [0.2, 0.25) is 0 Å². The second-order valence-electron chi connectivity index (χ2n) is 2.40. The first-order chi connectivity index (χ1) is 6.56. The van der Waals surface area contributed by atoms with Crippen molar-refractivity contribution in [3.05, 3.63) is 29.6 Å². The minimum absolute atomic E-state index is 0.149. The largest absolute Gasteiger partial charge is 0.548 e. The third-order valence-electron chi connectivity index (χ3n) is 1.43. The Morgan fingerprint density at radius 1 is 1.29 bits per heavy atom. The predicted molar refractivity (Wildman–Crippen MR) is 45.2 cm³/mol. The lowest BCUT2D eigenvalue weighted by molar-refractivity contribution is 0.356. The maximum atomic E-state index is 12.6. The first-order valence-corrected chi connectivity index (χ1v) is 4.98. The maximum Gasteiger partial charge on any atom is 0.548 e. The molecule has 0 saturated heterocycles. The zero-order valence-electron chi connectivity index (χ0n) is 7.26. The van der Waals surface area contributed by atoms with Gasteiger partial charge in [0, 0.05) is 12.1 Å². The molecule has 0 aliphatic heterocycles. The molecule has 0 aliphatic rings. The van der Waals surface area contributed by atoms with Gasteiger partial charge in [-0.05, 0) is 11.5 Å². The van der Waals surface area contributed by atoms with Gasteiger partial charge in [0.1, 0.15) is 6.61 Å². The fourth-order valence-electron chi connectivity index (χ4n) is 0.839. The van der Waals surface area contributed by atoms with Gasteiger partial charge in [0.15, 0.2) is 17.5 Å². The van der Waals surface area contributed by atoms with Crippen molar-refractivity contribution < 1.29 is 22.3 Å². The Bertz CT molecular complexity index is 345. The highest BCUT2D eigenvalue weighted by molar-refractivity contribution is 7.48. The number of rotatable bonds is 3. The molecule has 0 amide bonds. The van der Waals surface area contributed by atoms with E-state index >= 15 is 0 Å². The minimum Gasteiger partial charge on any atom is -0.203 e. The summed E-state index contributed by atoms with van der Waals surface area (Å²) in [5.74, 6) is -4.32. The lowest BCUT2D eigenvalue weighted by Crippen LogP contribution is -2.04. The van der Waals surface area contributed by atoms with E-state index in [0.717, 1.165) is 0 Å². The third-order valence-corrected chi connectivity index (χ3v) is 2.60. The van der Waals surface area contributed by atoms with E-state index in [1.807, 2.05) is 0 Å². The van der Waals surface area contributed by atoms with Crippen molar-refractivity contribution in [1.29, 1.82) is 0 Å². The summed E-state index contributed by atoms with van der Waals surface area (Å²) in [5, 5.41) is -0.196. The van der Waals surface area contributed by atoms with E-state index in [4.69, 9.17) is 0 Å². The van der Waals surface area contributed by atoms with E-state index in [0.29, 0.717) is 12.1 Å². The standard InChI is InChI=1S/C8H7F3O2P/c1-2-13-14(12)5-3-6(9)8(11)7(10)4-5/h3-4H,2H2,1H3/q+1. The highest BCUT2D eigenvalue weighted by Gasteiger charge is 2.25. The molecule has 1 aromatic carbocycles. The quantitative estimate of drug-likeness (QED) is 0.581. The summed E-state index contributed by atoms with van der Waals surface area (Å²) in [5.41, 5.74) is 0. The van der Waals surface area contributed by atoms with E-state index in [-0.39, 0.29) is 11.9 Å². The fraction of sp³-hybridized carbons (Fsp3) is 0.250. The first-order valence-electron chi connectivity index (χ1n) is 3.81. The van der Waals surface area contributed by atoms with Crippen LogP contribution in [-0.4, -0.2) is 6.61 Å². The number of halogens is 3. The van der Waals surface area contributed by atoms with Crippen LogP contribution in [0.4, 0.5) is 13.2 Å². The topological polar surface area (TPSA) is 26.3 Å². The van der Waals surface area contributed by atoms with Gasteiger partial charge in [-0.3, -0.25) is 0 Å². The van der Waals surface area contributed by atoms with E-state index in [9.17, 15) is 17.7 Å². The second-order valence-corrected chi connectivity index (χ2v) is 3.69. The highest BCUT2D eigenvalue weighted by atomic mass is 31.1. The summed E-state index contributed by atoms with van der Waals surface area (Å²) in [4.78, 5) is 0. The first kappa shape index (κ1) is 11.1. The van der Waals surface area contributed by atoms with Gasteiger partial charge < -0.3 is 0 Å². The molecule has 76 valence electrons. The Morgan fingerprint density at radius 3 is 2.21 bits per heavy atom. The van der Waals surface area contributed by atoms with Crippen molar-refractivity contribution >= 4 is 13.3 Å². The van der Waals surface area contributed by atoms with Crippen LogP contribution in [0, 0.1) is 17.5 Å². The molecule has 2 nitrogen and oxygen atoms in total. The number of benzene rings is 1. The van der Waals surface area contributed by atoms with Crippen LogP contribution in [0.5, 0.6) is 0 Å². The zero-order chi connectivity index (χ0) is 10.7. The smallest absolute Gasteiger partial charge is 0.203 e. The normalized spacial score (nSPS) is 11.6. The van der Waals surface area contributed by atoms with Gasteiger partial charge in [-0.15, -0.1) is 4.52 Å². The van der Waals surface area contributed by atoms with Crippen LogP contribution in [-0.2, 0) is 9.09 Å². The highest BCUT2D eigenvalue weighted by Crippen LogP contribution is 2.23. The molecule has 14 heavy (non-hydrogen) atoms. The van der Waals surface area contributed by atoms with Crippen molar-refractivity contribution in [2.45, 2.75) is 6.92 Å². The molecule has 0 aliphatic carbocycles. The van der Waals surface area contributed by atoms with Crippen LogP contribution in [0.3, 0.4) is 0 Å². The molecule has 0 radical (unpaired) electrons. The Kier molecular flexibility index (Phi) is 3.61. The van der Waals surface area contributed by atoms with Gasteiger partial charge in [0.05, 0.1) is 0 Å². The molecule has 0 saturated carbocycles. The van der Waals surface area contributed by atoms with Gasteiger partial charge in [0.25, 0.3) is 0 Å². The molecule has 0 spiro atoms. The molecule has 6 heteroatoms. The van der Waals surface area contributed by atoms with Crippen molar-refractivity contribution in [3.8, 4) is 0 Å². The van der Waals surface area contributed by atoms with Gasteiger partial charge in [0.2, 0.25) is 5.30 Å². The molecule has 1 aromatic rings.